The topological polar surface area (TPSA) is 149 Å². The molecule has 0 saturated heterocycles. The Morgan fingerprint density at radius 1 is 0.932 bits per heavy atom. The average Bonchev–Trinajstić information content (AvgIpc) is 3.26. The van der Waals surface area contributed by atoms with E-state index < -0.39 is 23.8 Å². The molecule has 12 nitrogen and oxygen atoms in total. The summed E-state index contributed by atoms with van der Waals surface area (Å²) in [6.07, 6.45) is 8.22. The molecule has 1 fully saturated rings. The molecule has 0 bridgehead atoms. The van der Waals surface area contributed by atoms with Crippen molar-refractivity contribution in [3.8, 4) is 28.4 Å². The highest BCUT2D eigenvalue weighted by molar-refractivity contribution is 6.03. The van der Waals surface area contributed by atoms with Gasteiger partial charge in [-0.25, -0.2) is 4.79 Å². The maximum absolute atomic E-state index is 13.9. The highest BCUT2D eigenvalue weighted by atomic mass is 16.7. The Balaban J connectivity index is 1.52. The van der Waals surface area contributed by atoms with Gasteiger partial charge < -0.3 is 43.8 Å². The van der Waals surface area contributed by atoms with E-state index in [1.165, 1.54) is 7.11 Å². The van der Waals surface area contributed by atoms with Crippen LogP contribution in [0.4, 0.5) is 4.79 Å². The van der Waals surface area contributed by atoms with Crippen molar-refractivity contribution in [3.63, 3.8) is 0 Å². The van der Waals surface area contributed by atoms with E-state index in [0.29, 0.717) is 42.4 Å². The van der Waals surface area contributed by atoms with Crippen molar-refractivity contribution in [1.29, 1.82) is 0 Å². The van der Waals surface area contributed by atoms with Gasteiger partial charge in [-0.3, -0.25) is 4.90 Å². The number of aliphatic hydroxyl groups is 3. The van der Waals surface area contributed by atoms with E-state index >= 15 is 0 Å². The number of fused-ring (bicyclic) bond motifs is 2. The van der Waals surface area contributed by atoms with Crippen LogP contribution in [0, 0.1) is 17.8 Å². The van der Waals surface area contributed by atoms with Crippen molar-refractivity contribution in [2.24, 2.45) is 22.9 Å². The number of rotatable bonds is 22. The van der Waals surface area contributed by atoms with E-state index in [0.717, 1.165) is 47.9 Å². The lowest BCUT2D eigenvalue weighted by molar-refractivity contribution is -0.255. The summed E-state index contributed by atoms with van der Waals surface area (Å²) in [5, 5.41) is 33.9. The smallest absolute Gasteiger partial charge is 0.410 e. The first kappa shape index (κ1) is 43.8. The monoisotopic (exact) mass is 812 g/mol. The number of nitrogens with zero attached hydrogens (tertiary/aromatic N) is 2. The largest absolute Gasteiger partial charge is 0.459 e. The second-order valence-electron chi connectivity index (χ2n) is 15.2. The zero-order valence-electron chi connectivity index (χ0n) is 34.4. The number of benzene rings is 3. The number of allylic oxidation sites excluding steroid dienone is 1. The summed E-state index contributed by atoms with van der Waals surface area (Å²) in [4.78, 5) is 21.2. The van der Waals surface area contributed by atoms with Crippen molar-refractivity contribution >= 4 is 11.8 Å². The van der Waals surface area contributed by atoms with Crippen molar-refractivity contribution in [1.82, 2.24) is 4.90 Å². The number of carbonyl (C=O) groups excluding carboxylic acids is 1. The number of hydrogen-bond acceptors (Lipinski definition) is 11. The molecule has 0 radical (unpaired) electrons. The SMILES string of the molecule is C=CCO[C@@]12Oc3ccc(Oc4ccc(-c5ccccc5)cc4)cc3[C@H]3[C@H](CCCCO)[C@@H](CCCCO)C=C(C(=NOCC)C[C@@H]1N(CCOCCO)C(=O)OC)[C@H]32. The maximum atomic E-state index is 13.9. The standard InChI is InChI=1S/C47H60N2O10/c1-4-27-56-47-43(49(46(53)54-3)23-28-55-29-26-52)32-41(48-57-5-2)39-30-35(15-9-11-24-50)38(16-10-12-25-51)44(45(39)47)40-31-37(21-22-42(40)59-47)58-36-19-17-34(18-20-36)33-13-7-6-8-14-33/h4,6-8,13-14,17-22,30-31,35,38,43-45,50-52H,1,5,9-12,15-16,23-29,32H2,2-3H3/t35-,38+,43-,44+,45+,47+/m0/s1. The summed E-state index contributed by atoms with van der Waals surface area (Å²) in [6, 6.07) is 23.4. The van der Waals surface area contributed by atoms with Crippen LogP contribution < -0.4 is 9.47 Å². The molecule has 3 aromatic rings. The Morgan fingerprint density at radius 2 is 1.66 bits per heavy atom. The zero-order valence-corrected chi connectivity index (χ0v) is 34.4. The molecule has 1 heterocycles. The van der Waals surface area contributed by atoms with Crippen LogP contribution in [-0.4, -0.2) is 104 Å². The Morgan fingerprint density at radius 3 is 2.36 bits per heavy atom. The van der Waals surface area contributed by atoms with Gasteiger partial charge in [0.25, 0.3) is 0 Å². The third-order valence-corrected chi connectivity index (χ3v) is 11.6. The fourth-order valence-corrected chi connectivity index (χ4v) is 9.16. The van der Waals surface area contributed by atoms with Gasteiger partial charge in [0, 0.05) is 37.7 Å². The third-order valence-electron chi connectivity index (χ3n) is 11.6. The molecule has 2 aliphatic carbocycles. The first-order valence-electron chi connectivity index (χ1n) is 21.0. The first-order valence-corrected chi connectivity index (χ1v) is 21.0. The molecule has 3 aliphatic rings. The summed E-state index contributed by atoms with van der Waals surface area (Å²) in [5.74, 6) is -0.0456. The van der Waals surface area contributed by atoms with Crippen LogP contribution in [0.5, 0.6) is 17.2 Å². The predicted octanol–water partition coefficient (Wildman–Crippen LogP) is 7.88. The minimum atomic E-state index is -1.44. The lowest BCUT2D eigenvalue weighted by Crippen LogP contribution is -2.70. The van der Waals surface area contributed by atoms with Crippen LogP contribution >= 0.6 is 0 Å². The van der Waals surface area contributed by atoms with Crippen LogP contribution in [0.3, 0.4) is 0 Å². The number of hydrogen-bond donors (Lipinski definition) is 3. The molecule has 6 rings (SSSR count). The van der Waals surface area contributed by atoms with Crippen molar-refractivity contribution in [3.05, 3.63) is 103 Å². The molecule has 1 aliphatic heterocycles. The number of unbranched alkanes of at least 4 members (excludes halogenated alkanes) is 2. The Labute approximate surface area is 348 Å². The van der Waals surface area contributed by atoms with Crippen LogP contribution in [0.2, 0.25) is 0 Å². The van der Waals surface area contributed by atoms with Crippen molar-refractivity contribution in [2.75, 3.05) is 59.9 Å². The number of aliphatic hydroxyl groups excluding tert-OH is 3. The van der Waals surface area contributed by atoms with E-state index in [-0.39, 0.29) is 70.4 Å². The van der Waals surface area contributed by atoms with Crippen LogP contribution in [-0.2, 0) is 19.0 Å². The number of oxime groups is 1. The predicted molar refractivity (Wildman–Crippen MR) is 226 cm³/mol. The van der Waals surface area contributed by atoms with Gasteiger partial charge >= 0.3 is 6.09 Å². The van der Waals surface area contributed by atoms with Gasteiger partial charge in [-0.1, -0.05) is 72.6 Å². The molecule has 3 aromatic carbocycles. The van der Waals surface area contributed by atoms with Gasteiger partial charge in [-0.15, -0.1) is 6.58 Å². The van der Waals surface area contributed by atoms with Gasteiger partial charge in [-0.05, 0) is 91.5 Å². The molecule has 1 saturated carbocycles. The fourth-order valence-electron chi connectivity index (χ4n) is 9.16. The molecular formula is C47H60N2O10. The molecule has 12 heteroatoms. The maximum Gasteiger partial charge on any atom is 0.410 e. The molecule has 6 atom stereocenters. The van der Waals surface area contributed by atoms with Gasteiger partial charge in [-0.2, -0.15) is 0 Å². The van der Waals surface area contributed by atoms with E-state index in [1.807, 2.05) is 61.5 Å². The van der Waals surface area contributed by atoms with Crippen molar-refractivity contribution < 1.29 is 48.6 Å². The van der Waals surface area contributed by atoms with Gasteiger partial charge in [0.15, 0.2) is 0 Å². The second-order valence-corrected chi connectivity index (χ2v) is 15.2. The average molecular weight is 813 g/mol. The number of methoxy groups -OCH3 is 1. The summed E-state index contributed by atoms with van der Waals surface area (Å²) in [7, 11) is 1.34. The molecule has 59 heavy (non-hydrogen) atoms. The van der Waals surface area contributed by atoms with E-state index in [9.17, 15) is 20.1 Å². The van der Waals surface area contributed by atoms with Gasteiger partial charge in [0.1, 0.15) is 29.9 Å². The number of ether oxygens (including phenoxy) is 5. The fraction of sp³-hybridized carbons (Fsp3) is 0.489. The molecule has 0 unspecified atom stereocenters. The molecule has 0 spiro atoms. The molecule has 3 N–H and O–H groups in total. The Hall–Kier alpha value is -4.72. The van der Waals surface area contributed by atoms with E-state index in [1.54, 1.807) is 11.0 Å². The zero-order chi connectivity index (χ0) is 41.6. The normalized spacial score (nSPS) is 23.6. The summed E-state index contributed by atoms with van der Waals surface area (Å²) < 4.78 is 31.8. The summed E-state index contributed by atoms with van der Waals surface area (Å²) in [5.41, 5.74) is 4.78. The Bertz CT molecular complexity index is 1870. The van der Waals surface area contributed by atoms with Crippen molar-refractivity contribution in [2.45, 2.75) is 69.6 Å². The van der Waals surface area contributed by atoms with E-state index in [2.05, 4.69) is 30.9 Å². The second kappa shape index (κ2) is 21.5. The quantitative estimate of drug-likeness (QED) is 0.0520. The first-order chi connectivity index (χ1) is 28.9. The van der Waals surface area contributed by atoms with Crippen LogP contribution in [0.25, 0.3) is 11.1 Å². The van der Waals surface area contributed by atoms with Gasteiger partial charge in [0.2, 0.25) is 5.79 Å². The minimum absolute atomic E-state index is 0.0512. The Kier molecular flexibility index (Phi) is 16.0. The third kappa shape index (κ3) is 10.0. The molecular weight excluding hydrogens is 753 g/mol. The van der Waals surface area contributed by atoms with Gasteiger partial charge in [0.05, 0.1) is 45.2 Å². The lowest BCUT2D eigenvalue weighted by atomic mass is 9.55. The molecule has 318 valence electrons. The molecule has 0 aromatic heterocycles. The number of carbonyl (C=O) groups is 1. The highest BCUT2D eigenvalue weighted by Crippen LogP contribution is 2.62. The van der Waals surface area contributed by atoms with Crippen LogP contribution in [0.1, 0.15) is 63.4 Å². The van der Waals surface area contributed by atoms with E-state index in [4.69, 9.17) is 33.7 Å². The minimum Gasteiger partial charge on any atom is -0.459 e. The summed E-state index contributed by atoms with van der Waals surface area (Å²) >= 11 is 0. The molecule has 1 amide bonds. The lowest BCUT2D eigenvalue weighted by Gasteiger charge is -2.59. The highest BCUT2D eigenvalue weighted by Gasteiger charge is 2.65. The summed E-state index contributed by atoms with van der Waals surface area (Å²) in [6.45, 7) is 6.77. The van der Waals surface area contributed by atoms with Crippen LogP contribution in [0.15, 0.2) is 102 Å². The number of amides is 1.